The second kappa shape index (κ2) is 7.04. The van der Waals surface area contributed by atoms with Crippen LogP contribution < -0.4 is 5.32 Å². The van der Waals surface area contributed by atoms with Crippen LogP contribution in [0.25, 0.3) is 0 Å². The molecule has 0 aromatic heterocycles. The van der Waals surface area contributed by atoms with Crippen LogP contribution in [0.3, 0.4) is 0 Å². The van der Waals surface area contributed by atoms with Crippen LogP contribution in [0.2, 0.25) is 0 Å². The highest BCUT2D eigenvalue weighted by molar-refractivity contribution is 7.91. The van der Waals surface area contributed by atoms with Gasteiger partial charge in [-0.2, -0.15) is 0 Å². The third kappa shape index (κ3) is 6.15. The van der Waals surface area contributed by atoms with E-state index in [1.54, 1.807) is 13.0 Å². The van der Waals surface area contributed by atoms with E-state index in [9.17, 15) is 17.6 Å². The number of nitrogens with one attached hydrogen (secondary N) is 1. The average molecular weight is 285 g/mol. The lowest BCUT2D eigenvalue weighted by Gasteiger charge is -2.05. The molecule has 1 aromatic rings. The van der Waals surface area contributed by atoms with Gasteiger partial charge in [0, 0.05) is 12.1 Å². The van der Waals surface area contributed by atoms with Crippen LogP contribution in [0, 0.1) is 5.82 Å². The monoisotopic (exact) mass is 285 g/mol. The molecule has 0 saturated carbocycles. The van der Waals surface area contributed by atoms with Gasteiger partial charge < -0.3 is 5.32 Å². The summed E-state index contributed by atoms with van der Waals surface area (Å²) in [5.74, 6) is -1.21. The molecular formula is C13H16FNO3S. The number of allylic oxidation sites excluding steroid dienone is 1. The molecule has 6 heteroatoms. The highest BCUT2D eigenvalue weighted by Gasteiger charge is 2.12. The first kappa shape index (κ1) is 15.4. The van der Waals surface area contributed by atoms with Gasteiger partial charge in [-0.3, -0.25) is 4.79 Å². The van der Waals surface area contributed by atoms with Gasteiger partial charge in [0.05, 0.1) is 11.5 Å². The Balaban J connectivity index is 2.48. The summed E-state index contributed by atoms with van der Waals surface area (Å²) in [6.45, 7) is 1.73. The summed E-state index contributed by atoms with van der Waals surface area (Å²) >= 11 is 0. The molecule has 0 bridgehead atoms. The lowest BCUT2D eigenvalue weighted by molar-refractivity contribution is -0.115. The molecule has 0 saturated heterocycles. The van der Waals surface area contributed by atoms with E-state index in [4.69, 9.17) is 0 Å². The number of rotatable bonds is 6. The fourth-order valence-corrected chi connectivity index (χ4v) is 2.51. The Labute approximate surface area is 112 Å². The van der Waals surface area contributed by atoms with E-state index in [-0.39, 0.29) is 17.9 Å². The Bertz CT molecular complexity index is 567. The van der Waals surface area contributed by atoms with Gasteiger partial charge in [0.2, 0.25) is 5.91 Å². The van der Waals surface area contributed by atoms with Gasteiger partial charge in [-0.15, -0.1) is 0 Å². The zero-order valence-electron chi connectivity index (χ0n) is 10.6. The van der Waals surface area contributed by atoms with Crippen molar-refractivity contribution in [1.29, 1.82) is 0 Å². The van der Waals surface area contributed by atoms with Crippen LogP contribution in [0.1, 0.15) is 13.3 Å². The van der Waals surface area contributed by atoms with Crippen molar-refractivity contribution >= 4 is 21.4 Å². The maximum atomic E-state index is 12.9. The summed E-state index contributed by atoms with van der Waals surface area (Å²) in [5.41, 5.74) is 0.316. The number of anilines is 1. The molecule has 0 fully saturated rings. The number of hydrogen-bond donors (Lipinski definition) is 1. The van der Waals surface area contributed by atoms with E-state index < -0.39 is 21.6 Å². The van der Waals surface area contributed by atoms with Gasteiger partial charge in [0.25, 0.3) is 0 Å². The molecule has 1 aromatic carbocycles. The number of carbonyl (C=O) groups is 1. The molecule has 1 rings (SSSR count). The fraction of sp³-hybridized carbons (Fsp3) is 0.308. The summed E-state index contributed by atoms with van der Waals surface area (Å²) in [4.78, 5) is 11.5. The van der Waals surface area contributed by atoms with Crippen molar-refractivity contribution in [2.75, 3.05) is 16.8 Å². The van der Waals surface area contributed by atoms with Crippen LogP contribution in [-0.2, 0) is 14.6 Å². The topological polar surface area (TPSA) is 63.2 Å². The van der Waals surface area contributed by atoms with E-state index in [1.165, 1.54) is 30.3 Å². The van der Waals surface area contributed by atoms with Gasteiger partial charge in [0.1, 0.15) is 5.82 Å². The van der Waals surface area contributed by atoms with Gasteiger partial charge in [0.15, 0.2) is 9.84 Å². The third-order valence-corrected chi connectivity index (χ3v) is 3.86. The maximum absolute atomic E-state index is 12.9. The molecule has 0 aliphatic rings. The molecule has 0 heterocycles. The third-order valence-electron chi connectivity index (χ3n) is 2.33. The predicted molar refractivity (Wildman–Crippen MR) is 73.1 cm³/mol. The number of hydrogen-bond acceptors (Lipinski definition) is 3. The van der Waals surface area contributed by atoms with Gasteiger partial charge in [-0.1, -0.05) is 18.2 Å². The molecule has 0 aliphatic carbocycles. The lowest BCUT2D eigenvalue weighted by Crippen LogP contribution is -2.18. The Morgan fingerprint density at radius 2 is 2.16 bits per heavy atom. The summed E-state index contributed by atoms with van der Waals surface area (Å²) in [5, 5.41) is 2.45. The van der Waals surface area contributed by atoms with E-state index >= 15 is 0 Å². The maximum Gasteiger partial charge on any atom is 0.225 e. The molecule has 0 unspecified atom stereocenters. The van der Waals surface area contributed by atoms with Crippen LogP contribution in [-0.4, -0.2) is 25.8 Å². The van der Waals surface area contributed by atoms with Crippen molar-refractivity contribution in [2.24, 2.45) is 0 Å². The van der Waals surface area contributed by atoms with E-state index in [0.29, 0.717) is 5.69 Å². The molecule has 0 radical (unpaired) electrons. The first-order valence-electron chi connectivity index (χ1n) is 5.80. The molecule has 1 N–H and O–H groups in total. The van der Waals surface area contributed by atoms with Gasteiger partial charge >= 0.3 is 0 Å². The first-order valence-corrected chi connectivity index (χ1v) is 7.62. The van der Waals surface area contributed by atoms with Crippen LogP contribution >= 0.6 is 0 Å². The molecule has 4 nitrogen and oxygen atoms in total. The molecule has 104 valence electrons. The summed E-state index contributed by atoms with van der Waals surface area (Å²) in [6.07, 6.45) is 3.03. The van der Waals surface area contributed by atoms with Gasteiger partial charge in [-0.25, -0.2) is 12.8 Å². The number of carbonyl (C=O) groups excluding carboxylic acids is 1. The quantitative estimate of drug-likeness (QED) is 0.815. The van der Waals surface area contributed by atoms with Crippen LogP contribution in [0.4, 0.5) is 10.1 Å². The van der Waals surface area contributed by atoms with Crippen molar-refractivity contribution in [3.05, 3.63) is 42.2 Å². The Hall–Kier alpha value is -1.69. The second-order valence-electron chi connectivity index (χ2n) is 3.99. The molecule has 19 heavy (non-hydrogen) atoms. The number of halogens is 1. The summed E-state index contributed by atoms with van der Waals surface area (Å²) in [7, 11) is -3.26. The zero-order valence-corrected chi connectivity index (χ0v) is 11.4. The molecular weight excluding hydrogens is 269 g/mol. The summed E-state index contributed by atoms with van der Waals surface area (Å²) < 4.78 is 35.9. The Morgan fingerprint density at radius 3 is 2.79 bits per heavy atom. The van der Waals surface area contributed by atoms with E-state index in [0.717, 1.165) is 0 Å². The van der Waals surface area contributed by atoms with Crippen molar-refractivity contribution in [3.8, 4) is 0 Å². The van der Waals surface area contributed by atoms with Crippen molar-refractivity contribution in [3.63, 3.8) is 0 Å². The molecule has 0 atom stereocenters. The first-order chi connectivity index (χ1) is 8.93. The number of amides is 1. The van der Waals surface area contributed by atoms with Crippen molar-refractivity contribution in [2.45, 2.75) is 13.3 Å². The predicted octanol–water partition coefficient (Wildman–Crippen LogP) is 2.15. The standard InChI is InChI=1S/C13H16FNO3S/c1-2-3-8-19(17,18)9-7-13(16)15-12-6-4-5-11(14)10-12/h2-6,10H,7-9H2,1H3,(H,15,16). The lowest BCUT2D eigenvalue weighted by atomic mass is 10.3. The van der Waals surface area contributed by atoms with Gasteiger partial charge in [-0.05, 0) is 25.1 Å². The largest absolute Gasteiger partial charge is 0.326 e. The van der Waals surface area contributed by atoms with E-state index in [1.807, 2.05) is 0 Å². The molecule has 0 spiro atoms. The Morgan fingerprint density at radius 1 is 1.42 bits per heavy atom. The Kier molecular flexibility index (Phi) is 5.69. The average Bonchev–Trinajstić information content (AvgIpc) is 2.34. The van der Waals surface area contributed by atoms with Crippen molar-refractivity contribution in [1.82, 2.24) is 0 Å². The highest BCUT2D eigenvalue weighted by Crippen LogP contribution is 2.09. The number of benzene rings is 1. The summed E-state index contributed by atoms with van der Waals surface area (Å²) in [6, 6.07) is 5.44. The second-order valence-corrected chi connectivity index (χ2v) is 6.22. The SMILES string of the molecule is CC=CCS(=O)(=O)CCC(=O)Nc1cccc(F)c1. The van der Waals surface area contributed by atoms with Crippen molar-refractivity contribution < 1.29 is 17.6 Å². The van der Waals surface area contributed by atoms with E-state index in [2.05, 4.69) is 5.32 Å². The number of sulfone groups is 1. The smallest absolute Gasteiger partial charge is 0.225 e. The minimum absolute atomic E-state index is 0.0727. The highest BCUT2D eigenvalue weighted by atomic mass is 32.2. The molecule has 0 aliphatic heterocycles. The van der Waals surface area contributed by atoms with Crippen LogP contribution in [0.5, 0.6) is 0 Å². The fourth-order valence-electron chi connectivity index (χ4n) is 1.36. The molecule has 1 amide bonds. The zero-order chi connectivity index (χ0) is 14.3. The normalized spacial score (nSPS) is 11.7. The minimum atomic E-state index is -3.26. The minimum Gasteiger partial charge on any atom is -0.326 e. The van der Waals surface area contributed by atoms with Crippen LogP contribution in [0.15, 0.2) is 36.4 Å².